The van der Waals surface area contributed by atoms with E-state index in [0.717, 1.165) is 35.1 Å². The molecule has 0 amide bonds. The molecule has 0 aliphatic heterocycles. The molecule has 2 nitrogen and oxygen atoms in total. The summed E-state index contributed by atoms with van der Waals surface area (Å²) < 4.78 is 0. The van der Waals surface area contributed by atoms with Crippen LogP contribution in [0.2, 0.25) is 0 Å². The molecule has 11 rings (SSSR count). The molecule has 1 heterocycles. The summed E-state index contributed by atoms with van der Waals surface area (Å²) in [5, 5.41) is 6.39. The molecule has 0 saturated carbocycles. The van der Waals surface area contributed by atoms with Gasteiger partial charge in [-0.25, -0.2) is 0 Å². The molecule has 2 aliphatic rings. The smallest absolute Gasteiger partial charge is 0.0723 e. The van der Waals surface area contributed by atoms with E-state index in [0.29, 0.717) is 0 Å². The van der Waals surface area contributed by atoms with Crippen LogP contribution in [-0.2, 0) is 0 Å². The first kappa shape index (κ1) is 31.5. The molecule has 2 heteroatoms. The fourth-order valence-corrected chi connectivity index (χ4v) is 9.25. The van der Waals surface area contributed by atoms with E-state index in [9.17, 15) is 0 Å². The molecule has 0 radical (unpaired) electrons. The Labute approximate surface area is 321 Å². The summed E-state index contributed by atoms with van der Waals surface area (Å²) in [6.07, 6.45) is 8.44. The summed E-state index contributed by atoms with van der Waals surface area (Å²) in [6.45, 7) is 0. The standard InChI is InChI=1S/C53H36N2/c1-4-15-36(16-5-1)49-42-21-10-11-22-43(42)50(37-17-6-2-7-18-37)53-46-33-32-40(41-23-12-24-45(51(41)46)52(49)53)35-28-30-39(31-29-35)55(38-19-8-3-9-20-38)48-27-13-26-47-44(48)25-14-34-54-47/h1-28,30,32-34H,29,31H2. The van der Waals surface area contributed by atoms with Crippen molar-refractivity contribution in [3.8, 4) is 44.5 Å². The quantitative estimate of drug-likeness (QED) is 0.172. The van der Waals surface area contributed by atoms with Crippen LogP contribution in [0.4, 0.5) is 11.4 Å². The van der Waals surface area contributed by atoms with Gasteiger partial charge in [-0.05, 0) is 133 Å². The molecule has 0 unspecified atom stereocenters. The highest BCUT2D eigenvalue weighted by Crippen LogP contribution is 2.58. The number of para-hydroxylation sites is 1. The zero-order valence-electron chi connectivity index (χ0n) is 30.3. The summed E-state index contributed by atoms with van der Waals surface area (Å²) in [5.41, 5.74) is 17.7. The van der Waals surface area contributed by atoms with Crippen LogP contribution in [0.15, 0.2) is 200 Å². The monoisotopic (exact) mass is 700 g/mol. The molecule has 0 bridgehead atoms. The van der Waals surface area contributed by atoms with E-state index in [-0.39, 0.29) is 0 Å². The second-order valence-corrected chi connectivity index (χ2v) is 14.5. The van der Waals surface area contributed by atoms with Gasteiger partial charge < -0.3 is 4.90 Å². The van der Waals surface area contributed by atoms with Crippen molar-refractivity contribution >= 4 is 49.4 Å². The third kappa shape index (κ3) is 4.99. The molecule has 0 saturated heterocycles. The van der Waals surface area contributed by atoms with Gasteiger partial charge in [-0.1, -0.05) is 146 Å². The highest BCUT2D eigenvalue weighted by atomic mass is 15.2. The van der Waals surface area contributed by atoms with Gasteiger partial charge in [0.05, 0.1) is 11.2 Å². The molecule has 9 aromatic rings. The van der Waals surface area contributed by atoms with Crippen molar-refractivity contribution in [1.29, 1.82) is 0 Å². The van der Waals surface area contributed by atoms with Gasteiger partial charge in [0.2, 0.25) is 0 Å². The number of allylic oxidation sites excluding steroid dienone is 4. The molecular formula is C53H36N2. The van der Waals surface area contributed by atoms with E-state index in [1.165, 1.54) is 82.9 Å². The lowest BCUT2D eigenvalue weighted by molar-refractivity contribution is 0.932. The van der Waals surface area contributed by atoms with Crippen molar-refractivity contribution < 1.29 is 0 Å². The van der Waals surface area contributed by atoms with Crippen LogP contribution >= 0.6 is 0 Å². The first-order valence-corrected chi connectivity index (χ1v) is 19.2. The van der Waals surface area contributed by atoms with Gasteiger partial charge in [-0.3, -0.25) is 4.98 Å². The lowest BCUT2D eigenvalue weighted by atomic mass is 9.82. The fraction of sp³-hybridized carbons (Fsp3) is 0.0377. The molecule has 0 atom stereocenters. The van der Waals surface area contributed by atoms with Crippen LogP contribution in [-0.4, -0.2) is 4.98 Å². The Morgan fingerprint density at radius 1 is 0.400 bits per heavy atom. The van der Waals surface area contributed by atoms with Gasteiger partial charge in [-0.15, -0.1) is 0 Å². The largest absolute Gasteiger partial charge is 0.314 e. The predicted molar refractivity (Wildman–Crippen MR) is 232 cm³/mol. The topological polar surface area (TPSA) is 16.1 Å². The van der Waals surface area contributed by atoms with Crippen LogP contribution < -0.4 is 4.90 Å². The molecule has 258 valence electrons. The van der Waals surface area contributed by atoms with Gasteiger partial charge in [-0.2, -0.15) is 0 Å². The first-order valence-electron chi connectivity index (χ1n) is 19.2. The summed E-state index contributed by atoms with van der Waals surface area (Å²) in [6, 6.07) is 64.0. The number of benzene rings is 8. The highest BCUT2D eigenvalue weighted by Gasteiger charge is 2.31. The van der Waals surface area contributed by atoms with E-state index in [1.807, 2.05) is 12.3 Å². The second-order valence-electron chi connectivity index (χ2n) is 14.5. The van der Waals surface area contributed by atoms with Crippen LogP contribution in [0.25, 0.3) is 82.5 Å². The Hall–Kier alpha value is -7.03. The molecule has 0 N–H and O–H groups in total. The summed E-state index contributed by atoms with van der Waals surface area (Å²) in [4.78, 5) is 7.10. The SMILES string of the molecule is C1=C(c2ccc3c4c(cccc24)-c2c-3c(-c3ccccc3)c3ccccc3c2-c2ccccc2)CCC(N(c2ccccc2)c2cccc3ncccc23)=C1. The van der Waals surface area contributed by atoms with E-state index in [1.54, 1.807) is 0 Å². The number of hydrogen-bond donors (Lipinski definition) is 0. The number of hydrogen-bond acceptors (Lipinski definition) is 2. The maximum absolute atomic E-state index is 4.68. The third-order valence-corrected chi connectivity index (χ3v) is 11.6. The van der Waals surface area contributed by atoms with E-state index >= 15 is 0 Å². The number of anilines is 2. The van der Waals surface area contributed by atoms with Crippen molar-refractivity contribution in [2.45, 2.75) is 12.8 Å². The molecule has 55 heavy (non-hydrogen) atoms. The summed E-state index contributed by atoms with van der Waals surface area (Å²) >= 11 is 0. The Bertz CT molecular complexity index is 2920. The molecule has 1 aromatic heterocycles. The Morgan fingerprint density at radius 3 is 1.65 bits per heavy atom. The van der Waals surface area contributed by atoms with Gasteiger partial charge in [0.1, 0.15) is 0 Å². The van der Waals surface area contributed by atoms with Crippen molar-refractivity contribution in [2.75, 3.05) is 4.90 Å². The molecule has 0 fully saturated rings. The van der Waals surface area contributed by atoms with Crippen molar-refractivity contribution in [1.82, 2.24) is 4.98 Å². The third-order valence-electron chi connectivity index (χ3n) is 11.6. The van der Waals surface area contributed by atoms with Crippen LogP contribution in [0.1, 0.15) is 18.4 Å². The molecule has 0 spiro atoms. The van der Waals surface area contributed by atoms with Gasteiger partial charge >= 0.3 is 0 Å². The van der Waals surface area contributed by atoms with Gasteiger partial charge in [0.15, 0.2) is 0 Å². The maximum Gasteiger partial charge on any atom is 0.0723 e. The Balaban J connectivity index is 1.11. The number of nitrogens with zero attached hydrogens (tertiary/aromatic N) is 2. The normalized spacial score (nSPS) is 13.2. The fourth-order valence-electron chi connectivity index (χ4n) is 9.25. The Morgan fingerprint density at radius 2 is 0.982 bits per heavy atom. The number of rotatable bonds is 6. The molecule has 8 aromatic carbocycles. The molecule has 2 aliphatic carbocycles. The first-order chi connectivity index (χ1) is 27.3. The minimum absolute atomic E-state index is 0.919. The van der Waals surface area contributed by atoms with Gasteiger partial charge in [0.25, 0.3) is 0 Å². The summed E-state index contributed by atoms with van der Waals surface area (Å²) in [5.74, 6) is 0. The lowest BCUT2D eigenvalue weighted by Gasteiger charge is -2.31. The Kier molecular flexibility index (Phi) is 7.34. The number of fused-ring (bicyclic) bond motifs is 5. The van der Waals surface area contributed by atoms with Crippen molar-refractivity contribution in [3.63, 3.8) is 0 Å². The minimum atomic E-state index is 0.919. The summed E-state index contributed by atoms with van der Waals surface area (Å²) in [7, 11) is 0. The molecular weight excluding hydrogens is 665 g/mol. The van der Waals surface area contributed by atoms with Crippen LogP contribution in [0.3, 0.4) is 0 Å². The van der Waals surface area contributed by atoms with Crippen molar-refractivity contribution in [3.05, 3.63) is 206 Å². The second kappa shape index (κ2) is 12.8. The number of aromatic nitrogens is 1. The predicted octanol–water partition coefficient (Wildman–Crippen LogP) is 14.4. The zero-order valence-corrected chi connectivity index (χ0v) is 30.3. The van der Waals surface area contributed by atoms with Gasteiger partial charge in [0, 0.05) is 23.0 Å². The minimum Gasteiger partial charge on any atom is -0.314 e. The zero-order chi connectivity index (χ0) is 36.3. The van der Waals surface area contributed by atoms with E-state index in [2.05, 4.69) is 192 Å². The lowest BCUT2D eigenvalue weighted by Crippen LogP contribution is -2.18. The maximum atomic E-state index is 4.68. The van der Waals surface area contributed by atoms with E-state index in [4.69, 9.17) is 0 Å². The average molecular weight is 701 g/mol. The van der Waals surface area contributed by atoms with E-state index < -0.39 is 0 Å². The van der Waals surface area contributed by atoms with Crippen LogP contribution in [0, 0.1) is 0 Å². The highest BCUT2D eigenvalue weighted by molar-refractivity contribution is 6.28. The average Bonchev–Trinajstić information content (AvgIpc) is 3.59. The van der Waals surface area contributed by atoms with Crippen LogP contribution in [0.5, 0.6) is 0 Å². The van der Waals surface area contributed by atoms with Crippen molar-refractivity contribution in [2.24, 2.45) is 0 Å². The number of pyridine rings is 1.